The number of aryl methyl sites for hydroxylation is 1. The molecule has 0 bridgehead atoms. The number of nitrogens with two attached hydrogens (primary N) is 1. The van der Waals surface area contributed by atoms with Gasteiger partial charge in [-0.2, -0.15) is 5.10 Å². The van der Waals surface area contributed by atoms with Gasteiger partial charge in [0.1, 0.15) is 5.82 Å². The highest BCUT2D eigenvalue weighted by Crippen LogP contribution is 2.24. The van der Waals surface area contributed by atoms with E-state index in [1.165, 1.54) is 6.07 Å². The van der Waals surface area contributed by atoms with Crippen LogP contribution in [0.3, 0.4) is 0 Å². The van der Waals surface area contributed by atoms with E-state index in [-0.39, 0.29) is 5.69 Å². The van der Waals surface area contributed by atoms with Crippen LogP contribution in [0.5, 0.6) is 0 Å². The third kappa shape index (κ3) is 2.14. The molecule has 1 aromatic carbocycles. The minimum atomic E-state index is -0.428. The van der Waals surface area contributed by atoms with Gasteiger partial charge in [0, 0.05) is 30.9 Å². The average molecular weight is 268 g/mol. The maximum Gasteiger partial charge on any atom is 0.148 e. The molecule has 0 saturated heterocycles. The van der Waals surface area contributed by atoms with Crippen LogP contribution in [0, 0.1) is 5.82 Å². The molecule has 2 N–H and O–H groups in total. The minimum absolute atomic E-state index is 0.126. The van der Waals surface area contributed by atoms with E-state index < -0.39 is 5.82 Å². The first-order chi connectivity index (χ1) is 9.65. The summed E-state index contributed by atoms with van der Waals surface area (Å²) in [6.45, 7) is 0. The fourth-order valence-corrected chi connectivity index (χ4v) is 2.09. The number of hydrogen-bond donors (Lipinski definition) is 1. The zero-order valence-electron chi connectivity index (χ0n) is 10.9. The summed E-state index contributed by atoms with van der Waals surface area (Å²) in [7, 11) is 1.78. The van der Waals surface area contributed by atoms with E-state index in [0.29, 0.717) is 5.52 Å². The Morgan fingerprint density at radius 1 is 1.30 bits per heavy atom. The predicted octanol–water partition coefficient (Wildman–Crippen LogP) is 2.86. The van der Waals surface area contributed by atoms with Gasteiger partial charge in [-0.1, -0.05) is 12.1 Å². The van der Waals surface area contributed by atoms with Gasteiger partial charge >= 0.3 is 0 Å². The lowest BCUT2D eigenvalue weighted by atomic mass is 10.1. The molecule has 20 heavy (non-hydrogen) atoms. The van der Waals surface area contributed by atoms with E-state index in [0.717, 1.165) is 16.6 Å². The van der Waals surface area contributed by atoms with Gasteiger partial charge < -0.3 is 5.73 Å². The lowest BCUT2D eigenvalue weighted by Crippen LogP contribution is -1.92. The molecule has 4 nitrogen and oxygen atoms in total. The molecule has 0 radical (unpaired) electrons. The maximum absolute atomic E-state index is 13.5. The highest BCUT2D eigenvalue weighted by atomic mass is 19.1. The van der Waals surface area contributed by atoms with E-state index in [4.69, 9.17) is 5.73 Å². The first-order valence-corrected chi connectivity index (χ1v) is 6.15. The fraction of sp³-hybridized carbons (Fsp3) is 0.0667. The number of hydrogen-bond acceptors (Lipinski definition) is 3. The Morgan fingerprint density at radius 2 is 2.15 bits per heavy atom. The Bertz CT molecular complexity index is 790. The lowest BCUT2D eigenvalue weighted by Gasteiger charge is -1.98. The molecular weight excluding hydrogens is 255 g/mol. The fourth-order valence-electron chi connectivity index (χ4n) is 2.09. The van der Waals surface area contributed by atoms with Crippen LogP contribution in [0.15, 0.2) is 36.7 Å². The number of anilines is 1. The van der Waals surface area contributed by atoms with Crippen molar-refractivity contribution in [2.24, 2.45) is 7.05 Å². The molecule has 2 aromatic heterocycles. The van der Waals surface area contributed by atoms with Crippen LogP contribution in [-0.4, -0.2) is 14.8 Å². The lowest BCUT2D eigenvalue weighted by molar-refractivity contribution is 0.632. The molecule has 0 amide bonds. The molecule has 0 unspecified atom stereocenters. The van der Waals surface area contributed by atoms with Gasteiger partial charge in [-0.15, -0.1) is 0 Å². The quantitative estimate of drug-likeness (QED) is 0.727. The van der Waals surface area contributed by atoms with Crippen molar-refractivity contribution in [3.8, 4) is 0 Å². The minimum Gasteiger partial charge on any atom is -0.396 e. The summed E-state index contributed by atoms with van der Waals surface area (Å²) >= 11 is 0. The summed E-state index contributed by atoms with van der Waals surface area (Å²) < 4.78 is 15.1. The van der Waals surface area contributed by atoms with Crippen molar-refractivity contribution in [3.63, 3.8) is 0 Å². The standard InChI is InChI=1S/C15H13FN4/c1-20-15-8-12(16)13(17)7-11(15)14(19-20)5-4-10-3-2-6-18-9-10/h2-9H,17H2,1H3/b5-4+. The molecule has 3 aromatic rings. The van der Waals surface area contributed by atoms with Crippen LogP contribution in [0.25, 0.3) is 23.1 Å². The highest BCUT2D eigenvalue weighted by molar-refractivity contribution is 5.91. The van der Waals surface area contributed by atoms with E-state index in [2.05, 4.69) is 10.1 Å². The Balaban J connectivity index is 2.08. The normalized spacial score (nSPS) is 11.5. The molecule has 0 aliphatic rings. The SMILES string of the molecule is Cn1nc(/C=C/c2cccnc2)c2cc(N)c(F)cc21. The van der Waals surface area contributed by atoms with Gasteiger partial charge in [0.25, 0.3) is 0 Å². The molecule has 0 saturated carbocycles. The Hall–Kier alpha value is -2.69. The second-order valence-electron chi connectivity index (χ2n) is 4.52. The predicted molar refractivity (Wildman–Crippen MR) is 78.2 cm³/mol. The zero-order valence-corrected chi connectivity index (χ0v) is 10.9. The van der Waals surface area contributed by atoms with Crippen molar-refractivity contribution >= 4 is 28.7 Å². The summed E-state index contributed by atoms with van der Waals surface area (Å²) in [5.74, 6) is -0.428. The van der Waals surface area contributed by atoms with Gasteiger partial charge in [0.15, 0.2) is 0 Å². The number of aromatic nitrogens is 3. The van der Waals surface area contributed by atoms with Gasteiger partial charge in [-0.3, -0.25) is 9.67 Å². The monoisotopic (exact) mass is 268 g/mol. The topological polar surface area (TPSA) is 56.7 Å². The number of nitrogens with zero attached hydrogens (tertiary/aromatic N) is 3. The molecule has 0 atom stereocenters. The maximum atomic E-state index is 13.5. The van der Waals surface area contributed by atoms with Crippen LogP contribution in [0.4, 0.5) is 10.1 Å². The van der Waals surface area contributed by atoms with Crippen LogP contribution >= 0.6 is 0 Å². The number of fused-ring (bicyclic) bond motifs is 1. The van der Waals surface area contributed by atoms with Crippen LogP contribution in [0.1, 0.15) is 11.3 Å². The second-order valence-corrected chi connectivity index (χ2v) is 4.52. The van der Waals surface area contributed by atoms with E-state index in [1.807, 2.05) is 24.3 Å². The Labute approximate surface area is 115 Å². The van der Waals surface area contributed by atoms with Crippen LogP contribution in [0.2, 0.25) is 0 Å². The average Bonchev–Trinajstić information content (AvgIpc) is 2.75. The third-order valence-corrected chi connectivity index (χ3v) is 3.12. The summed E-state index contributed by atoms with van der Waals surface area (Å²) in [6, 6.07) is 6.83. The molecule has 2 heterocycles. The Morgan fingerprint density at radius 3 is 2.90 bits per heavy atom. The molecule has 0 fully saturated rings. The van der Waals surface area contributed by atoms with Crippen molar-refractivity contribution in [2.75, 3.05) is 5.73 Å². The van der Waals surface area contributed by atoms with Crippen molar-refractivity contribution < 1.29 is 4.39 Å². The van der Waals surface area contributed by atoms with Crippen molar-refractivity contribution in [1.29, 1.82) is 0 Å². The summed E-state index contributed by atoms with van der Waals surface area (Å²) in [5.41, 5.74) is 8.18. The number of pyridine rings is 1. The molecular formula is C15H13FN4. The number of benzene rings is 1. The van der Waals surface area contributed by atoms with Crippen molar-refractivity contribution in [1.82, 2.24) is 14.8 Å². The molecule has 5 heteroatoms. The molecule has 100 valence electrons. The number of nitrogen functional groups attached to an aromatic ring is 1. The van der Waals surface area contributed by atoms with Gasteiger partial charge in [-0.25, -0.2) is 4.39 Å². The number of rotatable bonds is 2. The van der Waals surface area contributed by atoms with Crippen LogP contribution in [-0.2, 0) is 7.05 Å². The van der Waals surface area contributed by atoms with Crippen LogP contribution < -0.4 is 5.73 Å². The smallest absolute Gasteiger partial charge is 0.148 e. The van der Waals surface area contributed by atoms with E-state index >= 15 is 0 Å². The van der Waals surface area contributed by atoms with E-state index in [9.17, 15) is 4.39 Å². The summed E-state index contributed by atoms with van der Waals surface area (Å²) in [5, 5.41) is 5.20. The van der Waals surface area contributed by atoms with Crippen molar-refractivity contribution in [3.05, 3.63) is 53.7 Å². The molecule has 3 rings (SSSR count). The summed E-state index contributed by atoms with van der Waals surface area (Å²) in [6.07, 6.45) is 7.26. The first kappa shape index (κ1) is 12.3. The van der Waals surface area contributed by atoms with E-state index in [1.54, 1.807) is 30.2 Å². The summed E-state index contributed by atoms with van der Waals surface area (Å²) in [4.78, 5) is 4.04. The van der Waals surface area contributed by atoms with Crippen molar-refractivity contribution in [2.45, 2.75) is 0 Å². The Kier molecular flexibility index (Phi) is 2.95. The third-order valence-electron chi connectivity index (χ3n) is 3.12. The molecule has 0 aliphatic carbocycles. The zero-order chi connectivity index (χ0) is 14.1. The van der Waals surface area contributed by atoms with Gasteiger partial charge in [0.2, 0.25) is 0 Å². The molecule has 0 spiro atoms. The first-order valence-electron chi connectivity index (χ1n) is 6.15. The second kappa shape index (κ2) is 4.77. The largest absolute Gasteiger partial charge is 0.396 e. The van der Waals surface area contributed by atoms with Gasteiger partial charge in [-0.05, 0) is 23.8 Å². The highest BCUT2D eigenvalue weighted by Gasteiger charge is 2.09. The van der Waals surface area contributed by atoms with Gasteiger partial charge in [0.05, 0.1) is 16.9 Å². The number of halogens is 1. The molecule has 0 aliphatic heterocycles.